The van der Waals surface area contributed by atoms with Gasteiger partial charge in [-0.05, 0) is 47.0 Å². The van der Waals surface area contributed by atoms with Crippen LogP contribution in [0.25, 0.3) is 0 Å². The summed E-state index contributed by atoms with van der Waals surface area (Å²) in [6.45, 7) is 0. The average molecular weight is 284 g/mol. The van der Waals surface area contributed by atoms with E-state index in [4.69, 9.17) is 4.74 Å². The summed E-state index contributed by atoms with van der Waals surface area (Å²) in [5.41, 5.74) is 0.661. The number of nitrogens with zero attached hydrogens (tertiary/aromatic N) is 1. The molecule has 0 aliphatic heterocycles. The Morgan fingerprint density at radius 3 is 2.75 bits per heavy atom. The minimum atomic E-state index is 0.0493. The van der Waals surface area contributed by atoms with Crippen LogP contribution in [0.1, 0.15) is 23.2 Å². The molecule has 3 nitrogen and oxygen atoms in total. The third-order valence-electron chi connectivity index (χ3n) is 2.82. The van der Waals surface area contributed by atoms with E-state index in [-0.39, 0.29) is 5.91 Å². The van der Waals surface area contributed by atoms with E-state index in [1.54, 1.807) is 18.1 Å². The van der Waals surface area contributed by atoms with Gasteiger partial charge in [0.25, 0.3) is 5.91 Å². The number of hydrogen-bond donors (Lipinski definition) is 0. The summed E-state index contributed by atoms with van der Waals surface area (Å²) in [7, 11) is 3.45. The van der Waals surface area contributed by atoms with Crippen molar-refractivity contribution in [2.75, 3.05) is 14.2 Å². The number of carbonyl (C=O) groups is 1. The Morgan fingerprint density at radius 1 is 1.50 bits per heavy atom. The maximum atomic E-state index is 12.2. The molecule has 0 unspecified atom stereocenters. The first-order valence-corrected chi connectivity index (χ1v) is 6.03. The Morgan fingerprint density at radius 2 is 2.19 bits per heavy atom. The zero-order valence-electron chi connectivity index (χ0n) is 9.37. The second kappa shape index (κ2) is 4.45. The number of methoxy groups -OCH3 is 1. The fraction of sp³-hybridized carbons (Fsp3) is 0.417. The molecule has 1 saturated carbocycles. The monoisotopic (exact) mass is 283 g/mol. The second-order valence-electron chi connectivity index (χ2n) is 3.99. The van der Waals surface area contributed by atoms with E-state index < -0.39 is 0 Å². The molecule has 0 bridgehead atoms. The maximum Gasteiger partial charge on any atom is 0.255 e. The van der Waals surface area contributed by atoms with Gasteiger partial charge in [-0.15, -0.1) is 0 Å². The number of amides is 1. The van der Waals surface area contributed by atoms with Gasteiger partial charge in [0.05, 0.1) is 12.7 Å². The molecule has 1 amide bonds. The lowest BCUT2D eigenvalue weighted by Gasteiger charge is -2.17. The lowest BCUT2D eigenvalue weighted by Crippen LogP contribution is -2.29. The molecule has 86 valence electrons. The number of hydrogen-bond acceptors (Lipinski definition) is 2. The first-order chi connectivity index (χ1) is 7.63. The van der Waals surface area contributed by atoms with E-state index in [0.29, 0.717) is 17.4 Å². The highest BCUT2D eigenvalue weighted by Crippen LogP contribution is 2.29. The molecule has 0 atom stereocenters. The zero-order valence-corrected chi connectivity index (χ0v) is 11.0. The van der Waals surface area contributed by atoms with Crippen LogP contribution in [-0.4, -0.2) is 31.0 Å². The summed E-state index contributed by atoms with van der Waals surface area (Å²) < 4.78 is 5.94. The highest BCUT2D eigenvalue weighted by atomic mass is 79.9. The minimum Gasteiger partial charge on any atom is -0.497 e. The van der Waals surface area contributed by atoms with Gasteiger partial charge in [-0.3, -0.25) is 4.79 Å². The molecule has 0 N–H and O–H groups in total. The van der Waals surface area contributed by atoms with E-state index in [1.165, 1.54) is 0 Å². The molecule has 1 fully saturated rings. The summed E-state index contributed by atoms with van der Waals surface area (Å²) in [5.74, 6) is 0.754. The van der Waals surface area contributed by atoms with Crippen LogP contribution in [0, 0.1) is 0 Å². The second-order valence-corrected chi connectivity index (χ2v) is 4.85. The van der Waals surface area contributed by atoms with Gasteiger partial charge in [-0.2, -0.15) is 0 Å². The number of ether oxygens (including phenoxy) is 1. The highest BCUT2D eigenvalue weighted by Gasteiger charge is 2.30. The summed E-state index contributed by atoms with van der Waals surface area (Å²) in [6, 6.07) is 5.86. The topological polar surface area (TPSA) is 29.5 Å². The number of carbonyl (C=O) groups excluding carboxylic acids is 1. The lowest BCUT2D eigenvalue weighted by molar-refractivity contribution is 0.0784. The highest BCUT2D eigenvalue weighted by molar-refractivity contribution is 9.10. The third-order valence-corrected chi connectivity index (χ3v) is 3.51. The Hall–Kier alpha value is -1.03. The molecule has 0 spiro atoms. The van der Waals surface area contributed by atoms with Gasteiger partial charge in [0, 0.05) is 17.6 Å². The SMILES string of the molecule is COc1ccc(Br)c(C(=O)N(C)C2CC2)c1. The first-order valence-electron chi connectivity index (χ1n) is 5.24. The van der Waals surface area contributed by atoms with Crippen molar-refractivity contribution in [3.05, 3.63) is 28.2 Å². The predicted octanol–water partition coefficient (Wildman–Crippen LogP) is 2.69. The van der Waals surface area contributed by atoms with Crippen molar-refractivity contribution >= 4 is 21.8 Å². The van der Waals surface area contributed by atoms with Crippen molar-refractivity contribution in [3.8, 4) is 5.75 Å². The van der Waals surface area contributed by atoms with Crippen LogP contribution in [0.4, 0.5) is 0 Å². The van der Waals surface area contributed by atoms with Crippen LogP contribution >= 0.6 is 15.9 Å². The Labute approximate surface area is 104 Å². The van der Waals surface area contributed by atoms with Crippen molar-refractivity contribution < 1.29 is 9.53 Å². The summed E-state index contributed by atoms with van der Waals surface area (Å²) in [5, 5.41) is 0. The van der Waals surface area contributed by atoms with Gasteiger partial charge in [0.2, 0.25) is 0 Å². The first kappa shape index (κ1) is 11.5. The Bertz CT molecular complexity index is 415. The van der Waals surface area contributed by atoms with Gasteiger partial charge in [-0.25, -0.2) is 0 Å². The predicted molar refractivity (Wildman–Crippen MR) is 65.8 cm³/mol. The minimum absolute atomic E-state index is 0.0493. The molecular formula is C12H14BrNO2. The standard InChI is InChI=1S/C12H14BrNO2/c1-14(8-3-4-8)12(15)10-7-9(16-2)5-6-11(10)13/h5-8H,3-4H2,1-2H3. The Balaban J connectivity index is 2.27. The number of rotatable bonds is 3. The van der Waals surface area contributed by atoms with Crippen molar-refractivity contribution in [2.45, 2.75) is 18.9 Å². The molecule has 1 aromatic rings. The van der Waals surface area contributed by atoms with Gasteiger partial charge < -0.3 is 9.64 Å². The van der Waals surface area contributed by atoms with Crippen molar-refractivity contribution in [1.82, 2.24) is 4.90 Å². The van der Waals surface area contributed by atoms with Crippen LogP contribution in [0.15, 0.2) is 22.7 Å². The van der Waals surface area contributed by atoms with Crippen LogP contribution in [0.2, 0.25) is 0 Å². The average Bonchev–Trinajstić information content (AvgIpc) is 3.12. The zero-order chi connectivity index (χ0) is 11.7. The van der Waals surface area contributed by atoms with Gasteiger partial charge in [0.1, 0.15) is 5.75 Å². The van der Waals surface area contributed by atoms with Crippen LogP contribution in [0.5, 0.6) is 5.75 Å². The molecule has 16 heavy (non-hydrogen) atoms. The smallest absolute Gasteiger partial charge is 0.255 e. The van der Waals surface area contributed by atoms with Crippen molar-refractivity contribution in [3.63, 3.8) is 0 Å². The molecule has 0 aromatic heterocycles. The number of halogens is 1. The molecular weight excluding hydrogens is 270 g/mol. The van der Waals surface area contributed by atoms with Crippen molar-refractivity contribution in [1.29, 1.82) is 0 Å². The normalized spacial score (nSPS) is 14.7. The van der Waals surface area contributed by atoms with Gasteiger partial charge in [0.15, 0.2) is 0 Å². The van der Waals surface area contributed by atoms with E-state index >= 15 is 0 Å². The maximum absolute atomic E-state index is 12.2. The summed E-state index contributed by atoms with van der Waals surface area (Å²) in [6.07, 6.45) is 2.23. The third kappa shape index (κ3) is 2.21. The van der Waals surface area contributed by atoms with Gasteiger partial charge in [-0.1, -0.05) is 0 Å². The molecule has 1 aliphatic rings. The molecule has 0 radical (unpaired) electrons. The fourth-order valence-electron chi connectivity index (χ4n) is 1.61. The number of benzene rings is 1. The summed E-state index contributed by atoms with van der Waals surface area (Å²) in [4.78, 5) is 14.0. The van der Waals surface area contributed by atoms with E-state index in [9.17, 15) is 4.79 Å². The van der Waals surface area contributed by atoms with Crippen LogP contribution in [0.3, 0.4) is 0 Å². The molecule has 4 heteroatoms. The molecule has 0 heterocycles. The molecule has 2 rings (SSSR count). The lowest BCUT2D eigenvalue weighted by atomic mass is 10.2. The van der Waals surface area contributed by atoms with Crippen molar-refractivity contribution in [2.24, 2.45) is 0 Å². The summed E-state index contributed by atoms with van der Waals surface area (Å²) >= 11 is 3.40. The molecule has 0 saturated heterocycles. The fourth-order valence-corrected chi connectivity index (χ4v) is 2.03. The largest absolute Gasteiger partial charge is 0.497 e. The molecule has 1 aromatic carbocycles. The van der Waals surface area contributed by atoms with Gasteiger partial charge >= 0.3 is 0 Å². The Kier molecular flexibility index (Phi) is 3.19. The quantitative estimate of drug-likeness (QED) is 0.854. The van der Waals surface area contributed by atoms with E-state index in [2.05, 4.69) is 15.9 Å². The van der Waals surface area contributed by atoms with E-state index in [0.717, 1.165) is 17.3 Å². The van der Waals surface area contributed by atoms with Crippen LogP contribution in [-0.2, 0) is 0 Å². The van der Waals surface area contributed by atoms with Crippen LogP contribution < -0.4 is 4.74 Å². The van der Waals surface area contributed by atoms with E-state index in [1.807, 2.05) is 19.2 Å². The molecule has 1 aliphatic carbocycles.